The average Bonchev–Trinajstić information content (AvgIpc) is 3.00. The number of aromatic nitrogens is 2. The van der Waals surface area contributed by atoms with E-state index in [1.54, 1.807) is 30.3 Å². The Hall–Kier alpha value is -1.25. The highest BCUT2D eigenvalue weighted by atomic mass is 32.1. The topological polar surface area (TPSA) is 67.8 Å². The van der Waals surface area contributed by atoms with Gasteiger partial charge in [0.25, 0.3) is 0 Å². The fourth-order valence-corrected chi connectivity index (χ4v) is 4.26. The predicted octanol–water partition coefficient (Wildman–Crippen LogP) is 1.33. The van der Waals surface area contributed by atoms with E-state index in [9.17, 15) is 4.79 Å². The zero-order valence-corrected chi connectivity index (χ0v) is 15.5. The molecule has 2 atom stereocenters. The molecule has 134 valence electrons. The molecule has 8 heteroatoms. The molecule has 0 aliphatic carbocycles. The molecule has 0 bridgehead atoms. The minimum Gasteiger partial charge on any atom is -0.377 e. The van der Waals surface area contributed by atoms with Gasteiger partial charge in [0.1, 0.15) is 11.6 Å². The average molecular weight is 354 g/mol. The Morgan fingerprint density at radius 1 is 1.50 bits per heavy atom. The number of anilines is 1. The molecule has 3 heterocycles. The summed E-state index contributed by atoms with van der Waals surface area (Å²) in [5, 5.41) is 10.4. The summed E-state index contributed by atoms with van der Waals surface area (Å²) >= 11 is 1.63. The van der Waals surface area contributed by atoms with Gasteiger partial charge in [0.15, 0.2) is 0 Å². The molecule has 2 aliphatic rings. The summed E-state index contributed by atoms with van der Waals surface area (Å²) in [6, 6.07) is 0. The maximum Gasteiger partial charge on any atom is 0.248 e. The number of carbonyl (C=O) groups excluding carboxylic acids is 1. The first-order chi connectivity index (χ1) is 11.5. The number of hydrogen-bond donors (Lipinski definition) is 0. The van der Waals surface area contributed by atoms with Gasteiger partial charge in [0.05, 0.1) is 12.7 Å². The number of piperidine rings is 1. The lowest BCUT2D eigenvalue weighted by Crippen LogP contribution is -2.57. The summed E-state index contributed by atoms with van der Waals surface area (Å²) in [7, 11) is 3.49. The Morgan fingerprint density at radius 2 is 2.33 bits per heavy atom. The number of rotatable bonds is 5. The van der Waals surface area contributed by atoms with E-state index < -0.39 is 0 Å². The molecule has 0 radical (unpaired) electrons. The highest BCUT2D eigenvalue weighted by Gasteiger charge is 2.46. The summed E-state index contributed by atoms with van der Waals surface area (Å²) in [4.78, 5) is 15.6. The molecule has 0 spiro atoms. The maximum absolute atomic E-state index is 11.8. The lowest BCUT2D eigenvalue weighted by atomic mass is 9.73. The fourth-order valence-electron chi connectivity index (χ4n) is 3.55. The smallest absolute Gasteiger partial charge is 0.248 e. The minimum atomic E-state index is -0.0668. The van der Waals surface area contributed by atoms with Crippen LogP contribution in [0.4, 0.5) is 5.13 Å². The Labute approximate surface area is 146 Å². The lowest BCUT2D eigenvalue weighted by molar-refractivity contribution is -0.144. The second-order valence-electron chi connectivity index (χ2n) is 6.92. The second kappa shape index (κ2) is 7.33. The van der Waals surface area contributed by atoms with E-state index >= 15 is 0 Å². The summed E-state index contributed by atoms with van der Waals surface area (Å²) < 4.78 is 11.9. The van der Waals surface area contributed by atoms with Crippen molar-refractivity contribution in [3.05, 3.63) is 5.01 Å². The van der Waals surface area contributed by atoms with Gasteiger partial charge in [0, 0.05) is 39.2 Å². The van der Waals surface area contributed by atoms with Gasteiger partial charge in [-0.25, -0.2) is 0 Å². The van der Waals surface area contributed by atoms with Gasteiger partial charge in [-0.15, -0.1) is 10.2 Å². The van der Waals surface area contributed by atoms with Crippen LogP contribution in [0.15, 0.2) is 0 Å². The van der Waals surface area contributed by atoms with Crippen molar-refractivity contribution >= 4 is 22.4 Å². The first-order valence-electron chi connectivity index (χ1n) is 8.45. The van der Waals surface area contributed by atoms with Crippen molar-refractivity contribution < 1.29 is 14.3 Å². The van der Waals surface area contributed by atoms with Gasteiger partial charge >= 0.3 is 0 Å². The standard InChI is InChI=1S/C16H26N4O3S/c1-12-17-18-15(24-12)20-7-5-13-16(10-20,6-4-8-23-13)11-22-9-14(21)19(2)3/h13H,4-11H2,1-3H3/t13-,16-/m0/s1. The molecular formula is C16H26N4O3S. The normalized spacial score (nSPS) is 27.0. The van der Waals surface area contributed by atoms with Gasteiger partial charge in [0.2, 0.25) is 11.0 Å². The first-order valence-corrected chi connectivity index (χ1v) is 9.26. The molecule has 7 nitrogen and oxygen atoms in total. The van der Waals surface area contributed by atoms with Crippen molar-refractivity contribution in [1.29, 1.82) is 0 Å². The van der Waals surface area contributed by atoms with Gasteiger partial charge in [-0.2, -0.15) is 0 Å². The van der Waals surface area contributed by atoms with E-state index in [4.69, 9.17) is 9.47 Å². The maximum atomic E-state index is 11.8. The molecule has 2 fully saturated rings. The van der Waals surface area contributed by atoms with Crippen molar-refractivity contribution in [2.24, 2.45) is 5.41 Å². The van der Waals surface area contributed by atoms with E-state index in [0.29, 0.717) is 6.61 Å². The van der Waals surface area contributed by atoms with E-state index in [2.05, 4.69) is 15.1 Å². The van der Waals surface area contributed by atoms with Crippen LogP contribution in [0.25, 0.3) is 0 Å². The van der Waals surface area contributed by atoms with Gasteiger partial charge < -0.3 is 19.3 Å². The predicted molar refractivity (Wildman–Crippen MR) is 92.4 cm³/mol. The van der Waals surface area contributed by atoms with Gasteiger partial charge in [-0.05, 0) is 26.2 Å². The molecule has 0 N–H and O–H groups in total. The molecule has 2 aliphatic heterocycles. The molecule has 0 unspecified atom stereocenters. The Bertz CT molecular complexity index is 579. The molecule has 3 rings (SSSR count). The van der Waals surface area contributed by atoms with Crippen molar-refractivity contribution in [1.82, 2.24) is 15.1 Å². The monoisotopic (exact) mass is 354 g/mol. The SMILES string of the molecule is Cc1nnc(N2CC[C@@H]3OCCC[C@@]3(COCC(=O)N(C)C)C2)s1. The van der Waals surface area contributed by atoms with Gasteiger partial charge in [-0.3, -0.25) is 4.79 Å². The quantitative estimate of drug-likeness (QED) is 0.795. The molecule has 0 aromatic carbocycles. The summed E-state index contributed by atoms with van der Waals surface area (Å²) in [5.41, 5.74) is -0.0668. The van der Waals surface area contributed by atoms with Gasteiger partial charge in [-0.1, -0.05) is 11.3 Å². The van der Waals surface area contributed by atoms with Crippen molar-refractivity contribution in [3.8, 4) is 0 Å². The van der Waals surface area contributed by atoms with Crippen LogP contribution in [0.5, 0.6) is 0 Å². The number of ether oxygens (including phenoxy) is 2. The van der Waals surface area contributed by atoms with Crippen LogP contribution in [-0.4, -0.2) is 74.1 Å². The number of nitrogens with zero attached hydrogens (tertiary/aromatic N) is 4. The summed E-state index contributed by atoms with van der Waals surface area (Å²) in [6.07, 6.45) is 3.25. The molecule has 1 amide bonds. The first kappa shape index (κ1) is 17.6. The highest BCUT2D eigenvalue weighted by Crippen LogP contribution is 2.42. The van der Waals surface area contributed by atoms with Crippen LogP contribution in [0.3, 0.4) is 0 Å². The van der Waals surface area contributed by atoms with E-state index in [0.717, 1.165) is 49.1 Å². The zero-order chi connectivity index (χ0) is 17.2. The van der Waals surface area contributed by atoms with Crippen LogP contribution in [-0.2, 0) is 14.3 Å². The van der Waals surface area contributed by atoms with E-state index in [1.807, 2.05) is 6.92 Å². The second-order valence-corrected chi connectivity index (χ2v) is 8.08. The number of aryl methyl sites for hydroxylation is 1. The van der Waals surface area contributed by atoms with Crippen LogP contribution >= 0.6 is 11.3 Å². The Balaban J connectivity index is 1.68. The number of amides is 1. The number of likely N-dealkylation sites (N-methyl/N-ethyl adjacent to an activating group) is 1. The molecular weight excluding hydrogens is 328 g/mol. The van der Waals surface area contributed by atoms with Crippen LogP contribution in [0.2, 0.25) is 0 Å². The van der Waals surface area contributed by atoms with Crippen molar-refractivity contribution in [2.45, 2.75) is 32.3 Å². The molecule has 0 saturated carbocycles. The minimum absolute atomic E-state index is 0.00732. The largest absolute Gasteiger partial charge is 0.377 e. The number of carbonyl (C=O) groups is 1. The number of fused-ring (bicyclic) bond motifs is 1. The van der Waals surface area contributed by atoms with E-state index in [-0.39, 0.29) is 24.0 Å². The van der Waals surface area contributed by atoms with Crippen LogP contribution < -0.4 is 4.90 Å². The third-order valence-electron chi connectivity index (χ3n) is 4.89. The highest BCUT2D eigenvalue weighted by molar-refractivity contribution is 7.15. The van der Waals surface area contributed by atoms with Crippen molar-refractivity contribution in [3.63, 3.8) is 0 Å². The third kappa shape index (κ3) is 3.70. The molecule has 1 aromatic rings. The van der Waals surface area contributed by atoms with Crippen LogP contribution in [0.1, 0.15) is 24.3 Å². The Morgan fingerprint density at radius 3 is 3.04 bits per heavy atom. The van der Waals surface area contributed by atoms with E-state index in [1.165, 1.54) is 0 Å². The molecule has 24 heavy (non-hydrogen) atoms. The van der Waals surface area contributed by atoms with Crippen molar-refractivity contribution in [2.75, 3.05) is 51.9 Å². The number of hydrogen-bond acceptors (Lipinski definition) is 7. The molecule has 1 aromatic heterocycles. The summed E-state index contributed by atoms with van der Waals surface area (Å²) in [5.74, 6) is -0.00732. The van der Waals surface area contributed by atoms with Crippen LogP contribution in [0, 0.1) is 12.3 Å². The Kier molecular flexibility index (Phi) is 5.36. The zero-order valence-electron chi connectivity index (χ0n) is 14.7. The lowest BCUT2D eigenvalue weighted by Gasteiger charge is -2.50. The molecule has 2 saturated heterocycles. The third-order valence-corrected chi connectivity index (χ3v) is 5.79. The fraction of sp³-hybridized carbons (Fsp3) is 0.812. The summed E-state index contributed by atoms with van der Waals surface area (Å²) in [6.45, 7) is 5.25.